The van der Waals surface area contributed by atoms with E-state index >= 15 is 0 Å². The molecule has 1 aromatic heterocycles. The highest BCUT2D eigenvalue weighted by atomic mass is 16.3. The monoisotopic (exact) mass is 237 g/mol. The Hall–Kier alpha value is -0.800. The van der Waals surface area contributed by atoms with Gasteiger partial charge in [0.15, 0.2) is 0 Å². The molecule has 1 aliphatic rings. The molecule has 1 unspecified atom stereocenters. The molecule has 1 aromatic rings. The summed E-state index contributed by atoms with van der Waals surface area (Å²) in [4.78, 5) is 2.48. The molecule has 1 N–H and O–H groups in total. The molecule has 1 fully saturated rings. The van der Waals surface area contributed by atoms with Gasteiger partial charge < -0.3 is 9.52 Å². The van der Waals surface area contributed by atoms with E-state index < -0.39 is 0 Å². The summed E-state index contributed by atoms with van der Waals surface area (Å²) in [5, 5.41) is 9.05. The largest absolute Gasteiger partial charge is 0.468 e. The Balaban J connectivity index is 2.00. The van der Waals surface area contributed by atoms with Crippen LogP contribution in [0.1, 0.15) is 38.9 Å². The first kappa shape index (κ1) is 12.7. The Morgan fingerprint density at radius 3 is 3.00 bits per heavy atom. The molecule has 96 valence electrons. The van der Waals surface area contributed by atoms with E-state index in [4.69, 9.17) is 9.52 Å². The fourth-order valence-electron chi connectivity index (χ4n) is 2.65. The molecule has 0 bridgehead atoms. The Morgan fingerprint density at radius 1 is 1.53 bits per heavy atom. The summed E-state index contributed by atoms with van der Waals surface area (Å²) >= 11 is 0. The van der Waals surface area contributed by atoms with E-state index in [0.29, 0.717) is 12.5 Å². The van der Waals surface area contributed by atoms with E-state index in [1.54, 1.807) is 6.26 Å². The molecule has 0 saturated carbocycles. The molecule has 0 radical (unpaired) electrons. The van der Waals surface area contributed by atoms with Crippen LogP contribution in [0.25, 0.3) is 0 Å². The van der Waals surface area contributed by atoms with Gasteiger partial charge in [-0.05, 0) is 51.2 Å². The minimum absolute atomic E-state index is 0.235. The molecule has 2 heterocycles. The van der Waals surface area contributed by atoms with Crippen LogP contribution in [0.2, 0.25) is 0 Å². The molecule has 2 rings (SSSR count). The second kappa shape index (κ2) is 5.23. The fraction of sp³-hybridized carbons (Fsp3) is 0.714. The fourth-order valence-corrected chi connectivity index (χ4v) is 2.65. The second-order valence-electron chi connectivity index (χ2n) is 5.69. The summed E-state index contributed by atoms with van der Waals surface area (Å²) < 4.78 is 5.43. The van der Waals surface area contributed by atoms with Crippen molar-refractivity contribution in [2.75, 3.05) is 13.2 Å². The summed E-state index contributed by atoms with van der Waals surface area (Å²) in [6, 6.07) is 3.98. The average molecular weight is 237 g/mol. The minimum atomic E-state index is 0.235. The van der Waals surface area contributed by atoms with Gasteiger partial charge in [-0.15, -0.1) is 0 Å². The topological polar surface area (TPSA) is 36.6 Å². The van der Waals surface area contributed by atoms with Crippen molar-refractivity contribution in [3.8, 4) is 0 Å². The van der Waals surface area contributed by atoms with Crippen molar-refractivity contribution in [2.24, 2.45) is 5.92 Å². The average Bonchev–Trinajstić information content (AvgIpc) is 2.76. The highest BCUT2D eigenvalue weighted by Crippen LogP contribution is 2.33. The molecule has 3 nitrogen and oxygen atoms in total. The highest BCUT2D eigenvalue weighted by Gasteiger charge is 2.34. The lowest BCUT2D eigenvalue weighted by molar-refractivity contribution is 0.0255. The number of aliphatic hydroxyl groups is 1. The van der Waals surface area contributed by atoms with E-state index in [1.807, 2.05) is 12.1 Å². The zero-order chi connectivity index (χ0) is 12.3. The number of nitrogens with zero attached hydrogens (tertiary/aromatic N) is 1. The van der Waals surface area contributed by atoms with Crippen LogP contribution in [0.15, 0.2) is 22.8 Å². The lowest BCUT2D eigenvalue weighted by Gasteiger charge is -2.45. The van der Waals surface area contributed by atoms with Crippen LogP contribution in [-0.4, -0.2) is 28.7 Å². The van der Waals surface area contributed by atoms with Gasteiger partial charge >= 0.3 is 0 Å². The van der Waals surface area contributed by atoms with Crippen LogP contribution in [0.4, 0.5) is 0 Å². The third-order valence-corrected chi connectivity index (χ3v) is 3.96. The molecular formula is C14H23NO2. The second-order valence-corrected chi connectivity index (χ2v) is 5.69. The van der Waals surface area contributed by atoms with Gasteiger partial charge in [-0.3, -0.25) is 4.90 Å². The van der Waals surface area contributed by atoms with Crippen LogP contribution >= 0.6 is 0 Å². The Morgan fingerprint density at radius 2 is 2.35 bits per heavy atom. The third kappa shape index (κ3) is 3.11. The van der Waals surface area contributed by atoms with Crippen molar-refractivity contribution >= 4 is 0 Å². The minimum Gasteiger partial charge on any atom is -0.468 e. The first-order chi connectivity index (χ1) is 8.12. The lowest BCUT2D eigenvalue weighted by Crippen LogP contribution is -2.49. The smallest absolute Gasteiger partial charge is 0.117 e. The van der Waals surface area contributed by atoms with Crippen molar-refractivity contribution in [1.82, 2.24) is 4.90 Å². The van der Waals surface area contributed by atoms with E-state index in [2.05, 4.69) is 18.7 Å². The maximum atomic E-state index is 9.05. The van der Waals surface area contributed by atoms with Gasteiger partial charge in [-0.25, -0.2) is 0 Å². The molecular weight excluding hydrogens is 214 g/mol. The predicted octanol–water partition coefficient (Wildman–Crippen LogP) is 2.65. The van der Waals surface area contributed by atoms with Gasteiger partial charge in [-0.1, -0.05) is 0 Å². The van der Waals surface area contributed by atoms with Crippen molar-refractivity contribution in [3.63, 3.8) is 0 Å². The number of likely N-dealkylation sites (tertiary alicyclic amines) is 1. The Kier molecular flexibility index (Phi) is 3.89. The van der Waals surface area contributed by atoms with Gasteiger partial charge in [0.25, 0.3) is 0 Å². The van der Waals surface area contributed by atoms with Crippen LogP contribution in [-0.2, 0) is 6.54 Å². The zero-order valence-corrected chi connectivity index (χ0v) is 10.9. The van der Waals surface area contributed by atoms with Gasteiger partial charge in [0.2, 0.25) is 0 Å². The SMILES string of the molecule is CC1(C)CCC(CCO)CN1Cc1ccco1. The Bertz CT molecular complexity index is 332. The maximum absolute atomic E-state index is 9.05. The molecule has 17 heavy (non-hydrogen) atoms. The summed E-state index contributed by atoms with van der Waals surface area (Å²) in [5.74, 6) is 1.66. The molecule has 3 heteroatoms. The number of aliphatic hydroxyl groups excluding tert-OH is 1. The molecule has 0 aromatic carbocycles. The van der Waals surface area contributed by atoms with Crippen molar-refractivity contribution < 1.29 is 9.52 Å². The molecule has 1 atom stereocenters. The van der Waals surface area contributed by atoms with Gasteiger partial charge in [-0.2, -0.15) is 0 Å². The normalized spacial score (nSPS) is 25.0. The Labute approximate surface area is 103 Å². The molecule has 0 amide bonds. The number of piperidine rings is 1. The van der Waals surface area contributed by atoms with Gasteiger partial charge in [0, 0.05) is 18.7 Å². The maximum Gasteiger partial charge on any atom is 0.117 e. The summed E-state index contributed by atoms with van der Waals surface area (Å²) in [7, 11) is 0. The quantitative estimate of drug-likeness (QED) is 0.874. The van der Waals surface area contributed by atoms with Crippen molar-refractivity contribution in [3.05, 3.63) is 24.2 Å². The van der Waals surface area contributed by atoms with Crippen molar-refractivity contribution in [2.45, 2.75) is 45.2 Å². The van der Waals surface area contributed by atoms with E-state index in [1.165, 1.54) is 12.8 Å². The third-order valence-electron chi connectivity index (χ3n) is 3.96. The van der Waals surface area contributed by atoms with E-state index in [0.717, 1.165) is 25.3 Å². The lowest BCUT2D eigenvalue weighted by atomic mass is 9.83. The predicted molar refractivity (Wildman–Crippen MR) is 67.6 cm³/mol. The summed E-state index contributed by atoms with van der Waals surface area (Å²) in [5.41, 5.74) is 0.235. The molecule has 0 aliphatic carbocycles. The first-order valence-electron chi connectivity index (χ1n) is 6.50. The number of rotatable bonds is 4. The van der Waals surface area contributed by atoms with Gasteiger partial charge in [0.1, 0.15) is 5.76 Å². The number of hydrogen-bond acceptors (Lipinski definition) is 3. The number of hydrogen-bond donors (Lipinski definition) is 1. The molecule has 1 aliphatic heterocycles. The van der Waals surface area contributed by atoms with E-state index in [9.17, 15) is 0 Å². The standard InChI is InChI=1S/C14H23NO2/c1-14(2)7-5-12(6-8-16)10-15(14)11-13-4-3-9-17-13/h3-4,9,12,16H,5-8,10-11H2,1-2H3. The summed E-state index contributed by atoms with van der Waals surface area (Å²) in [6.07, 6.45) is 5.07. The zero-order valence-electron chi connectivity index (χ0n) is 10.9. The highest BCUT2D eigenvalue weighted by molar-refractivity contribution is 5.00. The van der Waals surface area contributed by atoms with Crippen molar-refractivity contribution in [1.29, 1.82) is 0 Å². The molecule has 0 spiro atoms. The van der Waals surface area contributed by atoms with Gasteiger partial charge in [0.05, 0.1) is 12.8 Å². The van der Waals surface area contributed by atoms with Crippen LogP contribution in [0.5, 0.6) is 0 Å². The van der Waals surface area contributed by atoms with Crippen LogP contribution < -0.4 is 0 Å². The van der Waals surface area contributed by atoms with Crippen LogP contribution in [0.3, 0.4) is 0 Å². The number of furan rings is 1. The first-order valence-corrected chi connectivity index (χ1v) is 6.50. The van der Waals surface area contributed by atoms with Crippen LogP contribution in [0, 0.1) is 5.92 Å². The summed E-state index contributed by atoms with van der Waals surface area (Å²) in [6.45, 7) is 6.84. The van der Waals surface area contributed by atoms with E-state index in [-0.39, 0.29) is 5.54 Å². The molecule has 1 saturated heterocycles.